The molecule has 5 nitrogen and oxygen atoms in total. The summed E-state index contributed by atoms with van der Waals surface area (Å²) in [5, 5.41) is 5.74. The first kappa shape index (κ1) is 12.3. The van der Waals surface area contributed by atoms with Crippen LogP contribution in [-0.4, -0.2) is 37.9 Å². The topological polar surface area (TPSA) is 76.4 Å². The molecule has 1 heterocycles. The number of amides is 2. The molecule has 1 saturated heterocycles. The normalized spacial score (nSPS) is 22.4. The third-order valence-corrected chi connectivity index (χ3v) is 2.52. The van der Waals surface area contributed by atoms with E-state index in [1.165, 1.54) is 0 Å². The lowest BCUT2D eigenvalue weighted by molar-refractivity contribution is 0.188. The minimum absolute atomic E-state index is 0.0809. The monoisotopic (exact) mass is 215 g/mol. The van der Waals surface area contributed by atoms with E-state index in [2.05, 4.69) is 17.6 Å². The second-order valence-electron chi connectivity index (χ2n) is 3.90. The second-order valence-corrected chi connectivity index (χ2v) is 3.90. The number of urea groups is 1. The fourth-order valence-corrected chi connectivity index (χ4v) is 1.66. The van der Waals surface area contributed by atoms with Crippen LogP contribution in [0.5, 0.6) is 0 Å². The third-order valence-electron chi connectivity index (χ3n) is 2.52. The van der Waals surface area contributed by atoms with Crippen molar-refractivity contribution in [3.8, 4) is 0 Å². The molecule has 0 saturated carbocycles. The van der Waals surface area contributed by atoms with Crippen molar-refractivity contribution in [1.82, 2.24) is 10.6 Å². The van der Waals surface area contributed by atoms with Crippen molar-refractivity contribution in [3.63, 3.8) is 0 Å². The molecule has 0 aromatic rings. The number of ether oxygens (including phenoxy) is 1. The second kappa shape index (κ2) is 6.63. The molecule has 0 aliphatic carbocycles. The molecular weight excluding hydrogens is 194 g/mol. The molecule has 5 heteroatoms. The zero-order valence-corrected chi connectivity index (χ0v) is 9.29. The maximum Gasteiger partial charge on any atom is 0.315 e. The smallest absolute Gasteiger partial charge is 0.315 e. The number of nitrogens with two attached hydrogens (primary N) is 1. The summed E-state index contributed by atoms with van der Waals surface area (Å²) in [6.07, 6.45) is 2.84. The van der Waals surface area contributed by atoms with Gasteiger partial charge in [-0.2, -0.15) is 0 Å². The van der Waals surface area contributed by atoms with Gasteiger partial charge >= 0.3 is 6.03 Å². The fourth-order valence-electron chi connectivity index (χ4n) is 1.66. The Hall–Kier alpha value is -0.810. The highest BCUT2D eigenvalue weighted by Crippen LogP contribution is 2.03. The summed E-state index contributed by atoms with van der Waals surface area (Å²) in [5.41, 5.74) is 5.55. The van der Waals surface area contributed by atoms with E-state index >= 15 is 0 Å². The molecule has 2 atom stereocenters. The Morgan fingerprint density at radius 1 is 1.67 bits per heavy atom. The number of hydrogen-bond acceptors (Lipinski definition) is 3. The highest BCUT2D eigenvalue weighted by molar-refractivity contribution is 5.74. The van der Waals surface area contributed by atoms with Gasteiger partial charge in [-0.15, -0.1) is 0 Å². The van der Waals surface area contributed by atoms with E-state index in [4.69, 9.17) is 10.5 Å². The van der Waals surface area contributed by atoms with E-state index in [1.54, 1.807) is 0 Å². The van der Waals surface area contributed by atoms with Crippen LogP contribution in [0, 0.1) is 0 Å². The minimum atomic E-state index is -0.130. The van der Waals surface area contributed by atoms with E-state index in [1.807, 2.05) is 0 Å². The molecule has 1 aliphatic rings. The van der Waals surface area contributed by atoms with Crippen LogP contribution in [0.1, 0.15) is 26.2 Å². The maximum absolute atomic E-state index is 11.5. The van der Waals surface area contributed by atoms with Crippen molar-refractivity contribution in [2.45, 2.75) is 38.3 Å². The van der Waals surface area contributed by atoms with E-state index in [0.29, 0.717) is 13.2 Å². The van der Waals surface area contributed by atoms with Gasteiger partial charge in [-0.1, -0.05) is 13.3 Å². The average Bonchev–Trinajstić information content (AvgIpc) is 2.69. The Kier molecular flexibility index (Phi) is 5.42. The van der Waals surface area contributed by atoms with Crippen molar-refractivity contribution in [1.29, 1.82) is 0 Å². The lowest BCUT2D eigenvalue weighted by Gasteiger charge is -2.18. The Balaban J connectivity index is 2.20. The van der Waals surface area contributed by atoms with Crippen molar-refractivity contribution in [2.75, 3.05) is 19.8 Å². The van der Waals surface area contributed by atoms with Gasteiger partial charge in [-0.3, -0.25) is 0 Å². The molecule has 1 aliphatic heterocycles. The predicted octanol–water partition coefficient (Wildman–Crippen LogP) is 0.202. The van der Waals surface area contributed by atoms with Gasteiger partial charge in [0.15, 0.2) is 0 Å². The Labute approximate surface area is 90.7 Å². The van der Waals surface area contributed by atoms with Crippen molar-refractivity contribution < 1.29 is 9.53 Å². The highest BCUT2D eigenvalue weighted by Gasteiger charge is 2.18. The van der Waals surface area contributed by atoms with Gasteiger partial charge in [0.1, 0.15) is 0 Å². The Bertz CT molecular complexity index is 193. The van der Waals surface area contributed by atoms with E-state index in [9.17, 15) is 4.79 Å². The molecule has 4 N–H and O–H groups in total. The zero-order valence-electron chi connectivity index (χ0n) is 9.29. The standard InChI is InChI=1S/C10H21N3O2/c1-2-3-8(6-11)12-10(14)13-9-4-5-15-7-9/h8-9H,2-7,11H2,1H3,(H2,12,13,14). The number of hydrogen-bond donors (Lipinski definition) is 3. The Morgan fingerprint density at radius 2 is 2.47 bits per heavy atom. The van der Waals surface area contributed by atoms with Crippen molar-refractivity contribution >= 4 is 6.03 Å². The van der Waals surface area contributed by atoms with Gasteiger partial charge in [-0.05, 0) is 12.8 Å². The lowest BCUT2D eigenvalue weighted by Crippen LogP contribution is -2.48. The van der Waals surface area contributed by atoms with Crippen LogP contribution < -0.4 is 16.4 Å². The quantitative estimate of drug-likeness (QED) is 0.613. The largest absolute Gasteiger partial charge is 0.379 e. The summed E-state index contributed by atoms with van der Waals surface area (Å²) >= 11 is 0. The SMILES string of the molecule is CCCC(CN)NC(=O)NC1CCOC1. The van der Waals surface area contributed by atoms with Crippen LogP contribution in [0.15, 0.2) is 0 Å². The first-order chi connectivity index (χ1) is 7.26. The molecule has 0 aromatic carbocycles. The Morgan fingerprint density at radius 3 is 3.00 bits per heavy atom. The van der Waals surface area contributed by atoms with Gasteiger partial charge < -0.3 is 21.1 Å². The minimum Gasteiger partial charge on any atom is -0.379 e. The van der Waals surface area contributed by atoms with Crippen LogP contribution in [-0.2, 0) is 4.74 Å². The van der Waals surface area contributed by atoms with Crippen molar-refractivity contribution in [2.24, 2.45) is 5.73 Å². The highest BCUT2D eigenvalue weighted by atomic mass is 16.5. The lowest BCUT2D eigenvalue weighted by atomic mass is 10.2. The number of carbonyl (C=O) groups excluding carboxylic acids is 1. The summed E-state index contributed by atoms with van der Waals surface area (Å²) < 4.78 is 5.17. The molecule has 0 spiro atoms. The van der Waals surface area contributed by atoms with Gasteiger partial charge in [0, 0.05) is 19.2 Å². The van der Waals surface area contributed by atoms with Gasteiger partial charge in [0.25, 0.3) is 0 Å². The first-order valence-corrected chi connectivity index (χ1v) is 5.61. The molecule has 1 rings (SSSR count). The summed E-state index contributed by atoms with van der Waals surface area (Å²) in [7, 11) is 0. The third kappa shape index (κ3) is 4.48. The maximum atomic E-state index is 11.5. The number of carbonyl (C=O) groups is 1. The van der Waals surface area contributed by atoms with Crippen LogP contribution >= 0.6 is 0 Å². The summed E-state index contributed by atoms with van der Waals surface area (Å²) in [6.45, 7) is 3.92. The number of nitrogens with one attached hydrogen (secondary N) is 2. The molecule has 15 heavy (non-hydrogen) atoms. The summed E-state index contributed by atoms with van der Waals surface area (Å²) in [4.78, 5) is 11.5. The van der Waals surface area contributed by atoms with Gasteiger partial charge in [-0.25, -0.2) is 4.79 Å². The van der Waals surface area contributed by atoms with Crippen molar-refractivity contribution in [3.05, 3.63) is 0 Å². The average molecular weight is 215 g/mol. The zero-order chi connectivity index (χ0) is 11.1. The summed E-state index contributed by atoms with van der Waals surface area (Å²) in [5.74, 6) is 0. The molecule has 0 radical (unpaired) electrons. The molecule has 0 bridgehead atoms. The van der Waals surface area contributed by atoms with E-state index in [0.717, 1.165) is 25.9 Å². The molecule has 1 fully saturated rings. The number of rotatable bonds is 5. The summed E-state index contributed by atoms with van der Waals surface area (Å²) in [6, 6.07) is 0.108. The van der Waals surface area contributed by atoms with Gasteiger partial charge in [0.05, 0.1) is 12.6 Å². The van der Waals surface area contributed by atoms with E-state index < -0.39 is 0 Å². The molecule has 88 valence electrons. The van der Waals surface area contributed by atoms with Crippen LogP contribution in [0.4, 0.5) is 4.79 Å². The van der Waals surface area contributed by atoms with Crippen LogP contribution in [0.2, 0.25) is 0 Å². The van der Waals surface area contributed by atoms with Gasteiger partial charge in [0.2, 0.25) is 0 Å². The molecule has 0 aromatic heterocycles. The van der Waals surface area contributed by atoms with E-state index in [-0.39, 0.29) is 18.1 Å². The first-order valence-electron chi connectivity index (χ1n) is 5.61. The molecular formula is C10H21N3O2. The fraction of sp³-hybridized carbons (Fsp3) is 0.900. The molecule has 2 amide bonds. The van der Waals surface area contributed by atoms with Crippen LogP contribution in [0.3, 0.4) is 0 Å². The molecule has 2 unspecified atom stereocenters. The van der Waals surface area contributed by atoms with Crippen LogP contribution in [0.25, 0.3) is 0 Å². The predicted molar refractivity (Wildman–Crippen MR) is 58.6 cm³/mol.